The van der Waals surface area contributed by atoms with Gasteiger partial charge in [0.15, 0.2) is 0 Å². The average Bonchev–Trinajstić information content (AvgIpc) is 3.29. The molecule has 8 heteroatoms. The fraction of sp³-hybridized carbons (Fsp3) is 0.318. The van der Waals surface area contributed by atoms with Crippen molar-refractivity contribution < 1.29 is 19.0 Å². The van der Waals surface area contributed by atoms with Crippen molar-refractivity contribution in [2.24, 2.45) is 0 Å². The number of pyridine rings is 1. The van der Waals surface area contributed by atoms with Gasteiger partial charge in [0.2, 0.25) is 0 Å². The van der Waals surface area contributed by atoms with Crippen LogP contribution in [0.1, 0.15) is 45.7 Å². The second kappa shape index (κ2) is 9.42. The lowest BCUT2D eigenvalue weighted by Crippen LogP contribution is -2.37. The molecule has 4 rings (SSSR count). The van der Waals surface area contributed by atoms with Crippen molar-refractivity contribution in [2.75, 3.05) is 13.1 Å². The van der Waals surface area contributed by atoms with Crippen LogP contribution in [0.4, 0.5) is 4.39 Å². The zero-order valence-electron chi connectivity index (χ0n) is 16.3. The van der Waals surface area contributed by atoms with Gasteiger partial charge in [0.1, 0.15) is 22.6 Å². The first-order chi connectivity index (χ1) is 14.6. The summed E-state index contributed by atoms with van der Waals surface area (Å²) >= 11 is 1.53. The zero-order chi connectivity index (χ0) is 20.9. The van der Waals surface area contributed by atoms with Crippen LogP contribution in [0.3, 0.4) is 0 Å². The number of benzene rings is 1. The molecular formula is C22H22FN3O3S. The van der Waals surface area contributed by atoms with Crippen LogP contribution in [0, 0.1) is 5.82 Å². The molecule has 0 saturated carbocycles. The van der Waals surface area contributed by atoms with E-state index in [9.17, 15) is 9.18 Å². The molecule has 0 amide bonds. The molecule has 2 aromatic heterocycles. The number of hydrogen-bond donors (Lipinski definition) is 1. The number of rotatable bonds is 7. The van der Waals surface area contributed by atoms with E-state index < -0.39 is 5.97 Å². The van der Waals surface area contributed by atoms with Gasteiger partial charge < -0.3 is 9.84 Å². The molecule has 0 radical (unpaired) electrons. The minimum atomic E-state index is -1.02. The van der Waals surface area contributed by atoms with Crippen LogP contribution in [0.25, 0.3) is 0 Å². The van der Waals surface area contributed by atoms with E-state index in [1.165, 1.54) is 29.5 Å². The van der Waals surface area contributed by atoms with Crippen LogP contribution in [0.15, 0.2) is 54.0 Å². The molecule has 1 fully saturated rings. The quantitative estimate of drug-likeness (QED) is 0.611. The van der Waals surface area contributed by atoms with E-state index in [-0.39, 0.29) is 23.7 Å². The van der Waals surface area contributed by atoms with Crippen LogP contribution in [-0.4, -0.2) is 45.1 Å². The summed E-state index contributed by atoms with van der Waals surface area (Å²) in [5, 5.41) is 11.9. The Labute approximate surface area is 178 Å². The number of carbonyl (C=O) groups is 1. The Morgan fingerprint density at radius 1 is 1.23 bits per heavy atom. The van der Waals surface area contributed by atoms with E-state index in [4.69, 9.17) is 9.84 Å². The van der Waals surface area contributed by atoms with Gasteiger partial charge in [-0.05, 0) is 42.7 Å². The number of carboxylic acid groups (broad SMARTS) is 1. The lowest BCUT2D eigenvalue weighted by Gasteiger charge is -2.33. The Morgan fingerprint density at radius 2 is 2.00 bits per heavy atom. The van der Waals surface area contributed by atoms with Crippen molar-refractivity contribution in [3.05, 3.63) is 81.8 Å². The van der Waals surface area contributed by atoms with Crippen LogP contribution in [0.5, 0.6) is 0 Å². The third kappa shape index (κ3) is 5.08. The van der Waals surface area contributed by atoms with E-state index in [0.717, 1.165) is 42.2 Å². The number of aromatic carboxylic acids is 1. The first-order valence-corrected chi connectivity index (χ1v) is 10.7. The predicted molar refractivity (Wildman–Crippen MR) is 111 cm³/mol. The first-order valence-electron chi connectivity index (χ1n) is 9.80. The summed E-state index contributed by atoms with van der Waals surface area (Å²) in [6.45, 7) is 2.27. The maximum absolute atomic E-state index is 13.3. The molecule has 1 aliphatic heterocycles. The van der Waals surface area contributed by atoms with Gasteiger partial charge in [-0.25, -0.2) is 19.2 Å². The highest BCUT2D eigenvalue weighted by molar-refractivity contribution is 7.09. The van der Waals surface area contributed by atoms with Gasteiger partial charge in [0.25, 0.3) is 0 Å². The van der Waals surface area contributed by atoms with Gasteiger partial charge in [0.05, 0.1) is 11.8 Å². The van der Waals surface area contributed by atoms with Crippen LogP contribution >= 0.6 is 11.3 Å². The fourth-order valence-electron chi connectivity index (χ4n) is 3.59. The lowest BCUT2D eigenvalue weighted by atomic mass is 10.1. The molecule has 6 nitrogen and oxygen atoms in total. The average molecular weight is 428 g/mol. The van der Waals surface area contributed by atoms with Gasteiger partial charge in [-0.1, -0.05) is 18.2 Å². The molecule has 3 heterocycles. The summed E-state index contributed by atoms with van der Waals surface area (Å²) in [7, 11) is 0. The van der Waals surface area contributed by atoms with Gasteiger partial charge in [-0.3, -0.25) is 4.90 Å². The monoisotopic (exact) mass is 427 g/mol. The largest absolute Gasteiger partial charge is 0.477 e. The number of thiazole rings is 1. The molecule has 1 atom stereocenters. The van der Waals surface area contributed by atoms with Crippen molar-refractivity contribution in [2.45, 2.75) is 31.6 Å². The summed E-state index contributed by atoms with van der Waals surface area (Å²) in [4.78, 5) is 22.0. The molecule has 1 unspecified atom stereocenters. The Balaban J connectivity index is 1.37. The van der Waals surface area contributed by atoms with E-state index in [1.807, 2.05) is 11.4 Å². The van der Waals surface area contributed by atoms with Crippen molar-refractivity contribution >= 4 is 17.3 Å². The summed E-state index contributed by atoms with van der Waals surface area (Å²) < 4.78 is 19.8. The minimum Gasteiger partial charge on any atom is -0.477 e. The maximum Gasteiger partial charge on any atom is 0.354 e. The first kappa shape index (κ1) is 20.6. The number of ether oxygens (including phenoxy) is 1. The molecule has 0 bridgehead atoms. The van der Waals surface area contributed by atoms with Crippen LogP contribution < -0.4 is 0 Å². The van der Waals surface area contributed by atoms with E-state index >= 15 is 0 Å². The molecule has 1 N–H and O–H groups in total. The van der Waals surface area contributed by atoms with Gasteiger partial charge >= 0.3 is 5.97 Å². The molecule has 1 aliphatic rings. The summed E-state index contributed by atoms with van der Waals surface area (Å²) in [5.41, 5.74) is 1.71. The zero-order valence-corrected chi connectivity index (χ0v) is 17.1. The molecule has 0 aliphatic carbocycles. The molecule has 30 heavy (non-hydrogen) atoms. The van der Waals surface area contributed by atoms with Crippen molar-refractivity contribution in [1.29, 1.82) is 0 Å². The summed E-state index contributed by atoms with van der Waals surface area (Å²) in [6.07, 6.45) is 3.21. The fourth-order valence-corrected chi connectivity index (χ4v) is 4.29. The van der Waals surface area contributed by atoms with Gasteiger partial charge in [-0.2, -0.15) is 0 Å². The van der Waals surface area contributed by atoms with Crippen LogP contribution in [-0.2, 0) is 11.3 Å². The highest BCUT2D eigenvalue weighted by Gasteiger charge is 2.26. The standard InChI is InChI=1S/C22H22FN3O3S/c23-16-6-4-15(5-7-16)20(21-24-10-13-30-21)29-18-8-11-26(12-9-18)14-17-2-1-3-19(25-17)22(27)28/h1-7,10,13,18,20H,8-9,11-12,14H2,(H,27,28). The number of halogens is 1. The number of aromatic nitrogens is 2. The Morgan fingerprint density at radius 3 is 2.67 bits per heavy atom. The number of hydrogen-bond acceptors (Lipinski definition) is 6. The molecule has 156 valence electrons. The number of nitrogens with zero attached hydrogens (tertiary/aromatic N) is 3. The second-order valence-corrected chi connectivity index (χ2v) is 8.16. The van der Waals surface area contributed by atoms with Crippen LogP contribution in [0.2, 0.25) is 0 Å². The van der Waals surface area contributed by atoms with Gasteiger partial charge in [-0.15, -0.1) is 11.3 Å². The number of likely N-dealkylation sites (tertiary alicyclic amines) is 1. The third-order valence-corrected chi connectivity index (χ3v) is 5.94. The highest BCUT2D eigenvalue weighted by Crippen LogP contribution is 2.31. The Bertz CT molecular complexity index is 974. The number of piperidine rings is 1. The SMILES string of the molecule is O=C(O)c1cccc(CN2CCC(OC(c3ccc(F)cc3)c3nccs3)CC2)n1. The smallest absolute Gasteiger partial charge is 0.354 e. The molecule has 3 aromatic rings. The summed E-state index contributed by atoms with van der Waals surface area (Å²) in [5.74, 6) is -1.29. The van der Waals surface area contributed by atoms with E-state index in [0.29, 0.717) is 6.54 Å². The normalized spacial score (nSPS) is 16.4. The topological polar surface area (TPSA) is 75.5 Å². The highest BCUT2D eigenvalue weighted by atomic mass is 32.1. The minimum absolute atomic E-state index is 0.0660. The second-order valence-electron chi connectivity index (χ2n) is 7.23. The maximum atomic E-state index is 13.3. The molecule has 1 aromatic carbocycles. The van der Waals surface area contributed by atoms with Crippen molar-refractivity contribution in [3.63, 3.8) is 0 Å². The molecular weight excluding hydrogens is 405 g/mol. The number of carboxylic acids is 1. The third-order valence-electron chi connectivity index (χ3n) is 5.12. The lowest BCUT2D eigenvalue weighted by molar-refractivity contribution is -0.0283. The van der Waals surface area contributed by atoms with Gasteiger partial charge in [0, 0.05) is 31.2 Å². The van der Waals surface area contributed by atoms with E-state index in [2.05, 4.69) is 14.9 Å². The Kier molecular flexibility index (Phi) is 6.47. The van der Waals surface area contributed by atoms with Crippen molar-refractivity contribution in [1.82, 2.24) is 14.9 Å². The molecule has 1 saturated heterocycles. The predicted octanol–water partition coefficient (Wildman–Crippen LogP) is 4.15. The molecule has 0 spiro atoms. The Hall–Kier alpha value is -2.68. The van der Waals surface area contributed by atoms with E-state index in [1.54, 1.807) is 24.4 Å². The van der Waals surface area contributed by atoms with Crippen molar-refractivity contribution in [3.8, 4) is 0 Å². The summed E-state index contributed by atoms with van der Waals surface area (Å²) in [6, 6.07) is 11.5.